The highest BCUT2D eigenvalue weighted by Crippen LogP contribution is 2.29. The zero-order valence-electron chi connectivity index (χ0n) is 18.3. The van der Waals surface area contributed by atoms with Crippen LogP contribution in [0.15, 0.2) is 36.5 Å². The van der Waals surface area contributed by atoms with Gasteiger partial charge in [0.2, 0.25) is 0 Å². The first-order valence-corrected chi connectivity index (χ1v) is 11.4. The Kier molecular flexibility index (Phi) is 8.73. The molecule has 1 aromatic heterocycles. The number of aromatic nitrogens is 1. The van der Waals surface area contributed by atoms with Gasteiger partial charge in [-0.2, -0.15) is 0 Å². The van der Waals surface area contributed by atoms with E-state index >= 15 is 0 Å². The minimum absolute atomic E-state index is 0.165. The number of piperidine rings is 1. The third kappa shape index (κ3) is 6.58. The molecule has 0 unspecified atom stereocenters. The number of rotatable bonds is 8. The van der Waals surface area contributed by atoms with Crippen LogP contribution < -0.4 is 10.2 Å². The van der Waals surface area contributed by atoms with Crippen molar-refractivity contribution in [3.05, 3.63) is 52.1 Å². The summed E-state index contributed by atoms with van der Waals surface area (Å²) in [6.45, 7) is 2.77. The van der Waals surface area contributed by atoms with Crippen molar-refractivity contribution >= 4 is 46.6 Å². The van der Waals surface area contributed by atoms with Crippen molar-refractivity contribution in [2.24, 2.45) is 0 Å². The predicted molar refractivity (Wildman–Crippen MR) is 128 cm³/mol. The fourth-order valence-corrected chi connectivity index (χ4v) is 4.19. The third-order valence-electron chi connectivity index (χ3n) is 5.74. The first-order chi connectivity index (χ1) is 15.4. The van der Waals surface area contributed by atoms with Gasteiger partial charge in [0.15, 0.2) is 0 Å². The molecule has 172 valence electrons. The molecule has 9 heteroatoms. The highest BCUT2D eigenvalue weighted by atomic mass is 35.5. The van der Waals surface area contributed by atoms with Gasteiger partial charge >= 0.3 is 5.97 Å². The van der Waals surface area contributed by atoms with Crippen LogP contribution in [0.3, 0.4) is 0 Å². The molecule has 0 atom stereocenters. The van der Waals surface area contributed by atoms with E-state index in [1.165, 1.54) is 13.3 Å². The third-order valence-corrected chi connectivity index (χ3v) is 6.20. The van der Waals surface area contributed by atoms with Gasteiger partial charge in [0, 0.05) is 49.5 Å². The van der Waals surface area contributed by atoms with Gasteiger partial charge < -0.3 is 19.9 Å². The van der Waals surface area contributed by atoms with E-state index < -0.39 is 0 Å². The van der Waals surface area contributed by atoms with Crippen LogP contribution in [0.25, 0.3) is 0 Å². The average molecular weight is 479 g/mol. The minimum Gasteiger partial charge on any atom is -0.469 e. The zero-order chi connectivity index (χ0) is 23.1. The van der Waals surface area contributed by atoms with Gasteiger partial charge in [-0.25, -0.2) is 4.98 Å². The van der Waals surface area contributed by atoms with Crippen molar-refractivity contribution in [3.8, 4) is 0 Å². The Hall–Kier alpha value is -2.35. The summed E-state index contributed by atoms with van der Waals surface area (Å²) < 4.78 is 4.70. The smallest absolute Gasteiger partial charge is 0.305 e. The molecule has 2 aromatic rings. The summed E-state index contributed by atoms with van der Waals surface area (Å²) in [6.07, 6.45) is 4.67. The molecular weight excluding hydrogens is 451 g/mol. The average Bonchev–Trinajstić information content (AvgIpc) is 2.80. The second kappa shape index (κ2) is 11.5. The summed E-state index contributed by atoms with van der Waals surface area (Å²) in [5, 5.41) is 3.81. The summed E-state index contributed by atoms with van der Waals surface area (Å²) in [7, 11) is 3.43. The van der Waals surface area contributed by atoms with Crippen molar-refractivity contribution in [1.29, 1.82) is 0 Å². The number of nitrogens with one attached hydrogen (secondary N) is 1. The molecule has 0 radical (unpaired) electrons. The first-order valence-electron chi connectivity index (χ1n) is 10.6. The SMILES string of the molecule is COC(=O)CCCN1CCC(N(C)c2ccc(Cl)cc2C(=O)Nc2ccc(Cl)cn2)CC1. The van der Waals surface area contributed by atoms with Crippen LogP contribution >= 0.6 is 23.2 Å². The number of carbonyl (C=O) groups excluding carboxylic acids is 2. The Balaban J connectivity index is 1.63. The number of ether oxygens (including phenoxy) is 1. The van der Waals surface area contributed by atoms with Crippen LogP contribution in [0.2, 0.25) is 10.0 Å². The number of nitrogens with zero attached hydrogens (tertiary/aromatic N) is 3. The van der Waals surface area contributed by atoms with E-state index in [2.05, 4.69) is 20.1 Å². The molecule has 1 aromatic carbocycles. The minimum atomic E-state index is -0.274. The Labute approximate surface area is 198 Å². The lowest BCUT2D eigenvalue weighted by Crippen LogP contribution is -2.44. The molecular formula is C23H28Cl2N4O3. The topological polar surface area (TPSA) is 74.8 Å². The van der Waals surface area contributed by atoms with Crippen LogP contribution in [-0.4, -0.2) is 61.6 Å². The van der Waals surface area contributed by atoms with Crippen LogP contribution in [0.4, 0.5) is 11.5 Å². The molecule has 2 heterocycles. The largest absolute Gasteiger partial charge is 0.469 e. The summed E-state index contributed by atoms with van der Waals surface area (Å²) in [5.41, 5.74) is 1.32. The van der Waals surface area contributed by atoms with E-state index in [-0.39, 0.29) is 11.9 Å². The normalized spacial score (nSPS) is 14.8. The summed E-state index contributed by atoms with van der Waals surface area (Å²) in [5.74, 6) is -0.0142. The number of likely N-dealkylation sites (tertiary alicyclic amines) is 1. The number of pyridine rings is 1. The van der Waals surface area contributed by atoms with Crippen LogP contribution in [0, 0.1) is 0 Å². The van der Waals surface area contributed by atoms with Crippen molar-refractivity contribution in [1.82, 2.24) is 9.88 Å². The first kappa shape index (κ1) is 24.3. The number of benzene rings is 1. The van der Waals surface area contributed by atoms with Crippen molar-refractivity contribution in [2.75, 3.05) is 44.0 Å². The number of anilines is 2. The molecule has 1 aliphatic heterocycles. The Morgan fingerprint density at radius 2 is 1.91 bits per heavy atom. The fourth-order valence-electron chi connectivity index (χ4n) is 3.91. The van der Waals surface area contributed by atoms with Crippen LogP contribution in [0.1, 0.15) is 36.0 Å². The van der Waals surface area contributed by atoms with E-state index in [1.54, 1.807) is 24.3 Å². The molecule has 1 fully saturated rings. The zero-order valence-corrected chi connectivity index (χ0v) is 19.8. The van der Waals surface area contributed by atoms with Gasteiger partial charge in [0.1, 0.15) is 5.82 Å². The molecule has 0 aliphatic carbocycles. The second-order valence-corrected chi connectivity index (χ2v) is 8.71. The van der Waals surface area contributed by atoms with Gasteiger partial charge in [0.25, 0.3) is 5.91 Å². The van der Waals surface area contributed by atoms with Crippen molar-refractivity contribution in [2.45, 2.75) is 31.7 Å². The van der Waals surface area contributed by atoms with Crippen molar-refractivity contribution in [3.63, 3.8) is 0 Å². The molecule has 0 bridgehead atoms. The van der Waals surface area contributed by atoms with Gasteiger partial charge in [-0.1, -0.05) is 23.2 Å². The maximum absolute atomic E-state index is 13.0. The fraction of sp³-hybridized carbons (Fsp3) is 0.435. The molecule has 7 nitrogen and oxygen atoms in total. The number of amides is 1. The van der Waals surface area contributed by atoms with E-state index in [0.29, 0.717) is 33.9 Å². The van der Waals surface area contributed by atoms with Gasteiger partial charge in [0.05, 0.1) is 17.7 Å². The molecule has 1 amide bonds. The highest BCUT2D eigenvalue weighted by Gasteiger charge is 2.25. The van der Waals surface area contributed by atoms with Gasteiger partial charge in [-0.15, -0.1) is 0 Å². The Morgan fingerprint density at radius 3 is 2.56 bits per heavy atom. The number of esters is 1. The molecule has 0 saturated carbocycles. The maximum Gasteiger partial charge on any atom is 0.305 e. The van der Waals surface area contributed by atoms with Gasteiger partial charge in [-0.05, 0) is 56.1 Å². The maximum atomic E-state index is 13.0. The van der Waals surface area contributed by atoms with Gasteiger partial charge in [-0.3, -0.25) is 9.59 Å². The molecule has 0 spiro atoms. The number of hydrogen-bond donors (Lipinski definition) is 1. The standard InChI is InChI=1S/C23H28Cl2N4O3/c1-28(18-9-12-29(13-10-18)11-3-4-22(30)32-2)20-7-5-16(24)14-19(20)23(31)27-21-8-6-17(25)15-26-21/h5-8,14-15,18H,3-4,9-13H2,1-2H3,(H,26,27,31). The van der Waals surface area contributed by atoms with E-state index in [4.69, 9.17) is 27.9 Å². The lowest BCUT2D eigenvalue weighted by Gasteiger charge is -2.38. The lowest BCUT2D eigenvalue weighted by atomic mass is 10.0. The van der Waals surface area contributed by atoms with Crippen molar-refractivity contribution < 1.29 is 14.3 Å². The molecule has 1 N–H and O–H groups in total. The summed E-state index contributed by atoms with van der Waals surface area (Å²) >= 11 is 12.1. The number of hydrogen-bond acceptors (Lipinski definition) is 6. The number of carbonyl (C=O) groups is 2. The Bertz CT molecular complexity index is 931. The highest BCUT2D eigenvalue weighted by molar-refractivity contribution is 6.31. The van der Waals surface area contributed by atoms with E-state index in [1.807, 2.05) is 13.1 Å². The lowest BCUT2D eigenvalue weighted by molar-refractivity contribution is -0.140. The van der Waals surface area contributed by atoms with E-state index in [9.17, 15) is 9.59 Å². The summed E-state index contributed by atoms with van der Waals surface area (Å²) in [6, 6.07) is 8.99. The molecule has 1 aliphatic rings. The van der Waals surface area contributed by atoms with Crippen LogP contribution in [0.5, 0.6) is 0 Å². The van der Waals surface area contributed by atoms with Crippen LogP contribution in [-0.2, 0) is 9.53 Å². The predicted octanol–water partition coefficient (Wildman–Crippen LogP) is 4.49. The van der Waals surface area contributed by atoms with E-state index in [0.717, 1.165) is 44.6 Å². The quantitative estimate of drug-likeness (QED) is 0.563. The second-order valence-electron chi connectivity index (χ2n) is 7.84. The molecule has 32 heavy (non-hydrogen) atoms. The molecule has 3 rings (SSSR count). The number of methoxy groups -OCH3 is 1. The Morgan fingerprint density at radius 1 is 1.19 bits per heavy atom. The molecule has 1 saturated heterocycles. The monoisotopic (exact) mass is 478 g/mol. The summed E-state index contributed by atoms with van der Waals surface area (Å²) in [4.78, 5) is 33.0. The number of halogens is 2.